The summed E-state index contributed by atoms with van der Waals surface area (Å²) in [5.41, 5.74) is 2.37. The van der Waals surface area contributed by atoms with Crippen LogP contribution in [-0.2, 0) is 11.2 Å². The minimum absolute atomic E-state index is 0.0819. The van der Waals surface area contributed by atoms with Crippen LogP contribution in [0, 0.1) is 0 Å². The Morgan fingerprint density at radius 3 is 2.36 bits per heavy atom. The maximum absolute atomic E-state index is 12.0. The molecule has 5 nitrogen and oxygen atoms in total. The molecule has 2 amide bonds. The Hall–Kier alpha value is -2.34. The molecule has 0 saturated carbocycles. The first-order valence-corrected chi connectivity index (χ1v) is 8.72. The Kier molecular flexibility index (Phi) is 6.58. The molecular weight excluding hydrogens is 384 g/mol. The molecule has 0 unspecified atom stereocenters. The lowest BCUT2D eigenvalue weighted by molar-refractivity contribution is -0.118. The number of carbonyl (C=O) groups is 2. The molecule has 2 aromatic carbocycles. The van der Waals surface area contributed by atoms with Gasteiger partial charge in [0.05, 0.1) is 4.47 Å². The summed E-state index contributed by atoms with van der Waals surface area (Å²) in [6, 6.07) is 12.5. The lowest BCUT2D eigenvalue weighted by Gasteiger charge is -2.12. The van der Waals surface area contributed by atoms with Crippen molar-refractivity contribution in [2.75, 3.05) is 26.0 Å². The van der Waals surface area contributed by atoms with Crippen LogP contribution in [0.3, 0.4) is 0 Å². The topological polar surface area (TPSA) is 58.6 Å². The number of aryl methyl sites for hydroxylation is 1. The maximum atomic E-state index is 12.0. The summed E-state index contributed by atoms with van der Waals surface area (Å²) < 4.78 is 6.37. The van der Waals surface area contributed by atoms with Crippen molar-refractivity contribution < 1.29 is 14.3 Å². The maximum Gasteiger partial charge on any atom is 0.262 e. The van der Waals surface area contributed by atoms with Crippen molar-refractivity contribution in [3.63, 3.8) is 0 Å². The summed E-state index contributed by atoms with van der Waals surface area (Å²) in [7, 11) is 3.39. The third kappa shape index (κ3) is 5.32. The monoisotopic (exact) mass is 404 g/mol. The smallest absolute Gasteiger partial charge is 0.262 e. The van der Waals surface area contributed by atoms with E-state index in [1.165, 1.54) is 10.5 Å². The fraction of sp³-hybridized carbons (Fsp3) is 0.263. The van der Waals surface area contributed by atoms with E-state index in [4.69, 9.17) is 4.74 Å². The van der Waals surface area contributed by atoms with Crippen LogP contribution in [0.15, 0.2) is 46.9 Å². The zero-order valence-corrected chi connectivity index (χ0v) is 16.1. The Balaban J connectivity index is 1.91. The fourth-order valence-corrected chi connectivity index (χ4v) is 2.72. The number of anilines is 1. The van der Waals surface area contributed by atoms with Crippen LogP contribution in [0.1, 0.15) is 22.8 Å². The molecule has 6 heteroatoms. The van der Waals surface area contributed by atoms with E-state index in [1.54, 1.807) is 38.4 Å². The van der Waals surface area contributed by atoms with Gasteiger partial charge in [0, 0.05) is 25.3 Å². The van der Waals surface area contributed by atoms with E-state index in [0.29, 0.717) is 17.0 Å². The Labute approximate surface area is 156 Å². The van der Waals surface area contributed by atoms with Gasteiger partial charge in [-0.2, -0.15) is 0 Å². The summed E-state index contributed by atoms with van der Waals surface area (Å²) in [5.74, 6) is 0.277. The molecule has 1 N–H and O–H groups in total. The number of benzene rings is 2. The average molecular weight is 405 g/mol. The highest BCUT2D eigenvalue weighted by atomic mass is 79.9. The third-order valence-corrected chi connectivity index (χ3v) is 4.20. The summed E-state index contributed by atoms with van der Waals surface area (Å²) in [4.78, 5) is 25.4. The molecule has 0 atom stereocenters. The highest BCUT2D eigenvalue weighted by molar-refractivity contribution is 9.10. The van der Waals surface area contributed by atoms with Gasteiger partial charge in [0.25, 0.3) is 11.8 Å². The van der Waals surface area contributed by atoms with Gasteiger partial charge in [-0.3, -0.25) is 9.59 Å². The number of halogens is 1. The summed E-state index contributed by atoms with van der Waals surface area (Å²) in [5, 5.41) is 2.75. The summed E-state index contributed by atoms with van der Waals surface area (Å²) >= 11 is 3.45. The van der Waals surface area contributed by atoms with E-state index in [2.05, 4.69) is 28.2 Å². The van der Waals surface area contributed by atoms with Crippen LogP contribution in [-0.4, -0.2) is 37.4 Å². The molecule has 2 aromatic rings. The highest BCUT2D eigenvalue weighted by Gasteiger charge is 2.09. The first-order chi connectivity index (χ1) is 11.9. The molecule has 0 aliphatic carbocycles. The summed E-state index contributed by atoms with van der Waals surface area (Å²) in [6.07, 6.45) is 0.936. The molecule has 0 fully saturated rings. The zero-order chi connectivity index (χ0) is 18.4. The van der Waals surface area contributed by atoms with Crippen molar-refractivity contribution >= 4 is 33.4 Å². The van der Waals surface area contributed by atoms with Crippen LogP contribution in [0.25, 0.3) is 0 Å². The number of rotatable bonds is 6. The quantitative estimate of drug-likeness (QED) is 0.797. The number of ether oxygens (including phenoxy) is 1. The zero-order valence-electron chi connectivity index (χ0n) is 14.5. The normalized spacial score (nSPS) is 10.2. The second kappa shape index (κ2) is 8.67. The van der Waals surface area contributed by atoms with Crippen molar-refractivity contribution in [3.8, 4) is 5.75 Å². The van der Waals surface area contributed by atoms with Crippen molar-refractivity contribution in [1.82, 2.24) is 4.90 Å². The molecule has 132 valence electrons. The van der Waals surface area contributed by atoms with E-state index in [0.717, 1.165) is 10.9 Å². The largest absolute Gasteiger partial charge is 0.483 e. The van der Waals surface area contributed by atoms with E-state index in [-0.39, 0.29) is 18.4 Å². The van der Waals surface area contributed by atoms with Crippen molar-refractivity contribution in [2.45, 2.75) is 13.3 Å². The molecule has 0 aromatic heterocycles. The Morgan fingerprint density at radius 2 is 1.80 bits per heavy atom. The van der Waals surface area contributed by atoms with Crippen LogP contribution in [0.2, 0.25) is 0 Å². The van der Waals surface area contributed by atoms with Gasteiger partial charge in [-0.15, -0.1) is 0 Å². The van der Waals surface area contributed by atoms with Gasteiger partial charge >= 0.3 is 0 Å². The van der Waals surface area contributed by atoms with Crippen LogP contribution in [0.4, 0.5) is 5.69 Å². The molecular formula is C19H21BrN2O3. The van der Waals surface area contributed by atoms with Crippen molar-refractivity contribution in [2.24, 2.45) is 0 Å². The number of hydrogen-bond donors (Lipinski definition) is 1. The molecule has 0 spiro atoms. The Morgan fingerprint density at radius 1 is 1.12 bits per heavy atom. The first-order valence-electron chi connectivity index (χ1n) is 7.93. The predicted molar refractivity (Wildman–Crippen MR) is 102 cm³/mol. The molecule has 0 saturated heterocycles. The van der Waals surface area contributed by atoms with E-state index in [9.17, 15) is 9.59 Å². The number of nitrogens with one attached hydrogen (secondary N) is 1. The number of nitrogens with zero attached hydrogens (tertiary/aromatic N) is 1. The second-order valence-electron chi connectivity index (χ2n) is 5.73. The van der Waals surface area contributed by atoms with Gasteiger partial charge in [0.1, 0.15) is 5.75 Å². The van der Waals surface area contributed by atoms with Gasteiger partial charge in [0.15, 0.2) is 6.61 Å². The number of hydrogen-bond acceptors (Lipinski definition) is 3. The number of carbonyl (C=O) groups excluding carboxylic acids is 2. The molecule has 2 rings (SSSR count). The third-order valence-electron chi connectivity index (χ3n) is 3.59. The van der Waals surface area contributed by atoms with Gasteiger partial charge in [-0.05, 0) is 64.3 Å². The van der Waals surface area contributed by atoms with Crippen molar-refractivity contribution in [1.29, 1.82) is 0 Å². The standard InChI is InChI=1S/C19H21BrN2O3/c1-4-13-5-10-17(16(20)11-13)25-12-18(23)21-15-8-6-14(7-9-15)19(24)22(2)3/h5-11H,4,12H2,1-3H3,(H,21,23). The molecule has 0 aliphatic rings. The SMILES string of the molecule is CCc1ccc(OCC(=O)Nc2ccc(C(=O)N(C)C)cc2)c(Br)c1. The average Bonchev–Trinajstić information content (AvgIpc) is 2.60. The molecule has 0 radical (unpaired) electrons. The minimum atomic E-state index is -0.266. The van der Waals surface area contributed by atoms with E-state index >= 15 is 0 Å². The molecule has 0 bridgehead atoms. The fourth-order valence-electron chi connectivity index (χ4n) is 2.18. The van der Waals surface area contributed by atoms with Gasteiger partial charge in [-0.25, -0.2) is 0 Å². The second-order valence-corrected chi connectivity index (χ2v) is 6.59. The Bertz CT molecular complexity index is 758. The molecule has 0 heterocycles. The molecule has 0 aliphatic heterocycles. The van der Waals surface area contributed by atoms with Crippen LogP contribution in [0.5, 0.6) is 5.75 Å². The highest BCUT2D eigenvalue weighted by Crippen LogP contribution is 2.26. The van der Waals surface area contributed by atoms with E-state index in [1.807, 2.05) is 18.2 Å². The minimum Gasteiger partial charge on any atom is -0.483 e. The van der Waals surface area contributed by atoms with Gasteiger partial charge in [0.2, 0.25) is 0 Å². The first kappa shape index (κ1) is 19.0. The van der Waals surface area contributed by atoms with Crippen LogP contribution >= 0.6 is 15.9 Å². The predicted octanol–water partition coefficient (Wildman–Crippen LogP) is 3.73. The van der Waals surface area contributed by atoms with Crippen molar-refractivity contribution in [3.05, 3.63) is 58.1 Å². The molecule has 25 heavy (non-hydrogen) atoms. The lowest BCUT2D eigenvalue weighted by Crippen LogP contribution is -2.22. The van der Waals surface area contributed by atoms with Gasteiger partial charge < -0.3 is 15.0 Å². The van der Waals surface area contributed by atoms with E-state index < -0.39 is 0 Å². The van der Waals surface area contributed by atoms with Crippen LogP contribution < -0.4 is 10.1 Å². The number of amides is 2. The van der Waals surface area contributed by atoms with Gasteiger partial charge in [-0.1, -0.05) is 13.0 Å². The lowest BCUT2D eigenvalue weighted by atomic mass is 10.2. The summed E-state index contributed by atoms with van der Waals surface area (Å²) in [6.45, 7) is 1.98.